The van der Waals surface area contributed by atoms with Gasteiger partial charge in [0, 0.05) is 0 Å². The Balaban J connectivity index is 1.42. The van der Waals surface area contributed by atoms with Crippen LogP contribution in [0.2, 0.25) is 0 Å². The van der Waals surface area contributed by atoms with Gasteiger partial charge in [-0.25, -0.2) is 0 Å². The molecule has 0 unspecified atom stereocenters. The SMILES string of the molecule is CC(C)=CC[C@@H](O)[C@@H](C)[C@H]1CC[C@@]2(C)[C@@H]3CC[C@H]4C(C)(C)[C@@H](O)CC[C@@]45C[C@@]35CC[C@]12C. The van der Waals surface area contributed by atoms with Gasteiger partial charge in [-0.3, -0.25) is 0 Å². The third-order valence-corrected chi connectivity index (χ3v) is 13.2. The molecule has 2 nitrogen and oxygen atoms in total. The van der Waals surface area contributed by atoms with Crippen LogP contribution >= 0.6 is 0 Å². The highest BCUT2D eigenvalue weighted by molar-refractivity contribution is 5.30. The number of allylic oxidation sites excluding steroid dienone is 1. The first-order valence-electron chi connectivity index (χ1n) is 13.9. The number of rotatable bonds is 4. The van der Waals surface area contributed by atoms with Crippen LogP contribution in [0.3, 0.4) is 0 Å². The van der Waals surface area contributed by atoms with Gasteiger partial charge >= 0.3 is 0 Å². The van der Waals surface area contributed by atoms with Crippen molar-refractivity contribution < 1.29 is 10.2 Å². The molecule has 0 aromatic heterocycles. The minimum atomic E-state index is -0.214. The minimum absolute atomic E-state index is 0.0795. The Morgan fingerprint density at radius 1 is 0.875 bits per heavy atom. The maximum absolute atomic E-state index is 11.1. The summed E-state index contributed by atoms with van der Waals surface area (Å²) < 4.78 is 0. The Labute approximate surface area is 197 Å². The van der Waals surface area contributed by atoms with Crippen molar-refractivity contribution in [1.29, 1.82) is 0 Å². The summed E-state index contributed by atoms with van der Waals surface area (Å²) in [6.45, 7) is 16.6. The third kappa shape index (κ3) is 2.72. The molecular weight excluding hydrogens is 392 g/mol. The lowest BCUT2D eigenvalue weighted by Gasteiger charge is -2.63. The highest BCUT2D eigenvalue weighted by atomic mass is 16.3. The van der Waals surface area contributed by atoms with Gasteiger partial charge in [0.1, 0.15) is 0 Å². The smallest absolute Gasteiger partial charge is 0.0603 e. The normalized spacial score (nSPS) is 52.7. The minimum Gasteiger partial charge on any atom is -0.393 e. The molecule has 0 amide bonds. The molecule has 2 N–H and O–H groups in total. The zero-order chi connectivity index (χ0) is 23.3. The number of aliphatic hydroxyl groups is 2. The van der Waals surface area contributed by atoms with Crippen LogP contribution in [0.15, 0.2) is 11.6 Å². The third-order valence-electron chi connectivity index (χ3n) is 13.2. The van der Waals surface area contributed by atoms with Crippen molar-refractivity contribution in [1.82, 2.24) is 0 Å². The van der Waals surface area contributed by atoms with Crippen LogP contribution in [-0.2, 0) is 0 Å². The molecule has 5 aliphatic carbocycles. The largest absolute Gasteiger partial charge is 0.393 e. The Hall–Kier alpha value is -0.340. The average molecular weight is 443 g/mol. The van der Waals surface area contributed by atoms with Crippen LogP contribution < -0.4 is 0 Å². The molecule has 0 aromatic rings. The maximum Gasteiger partial charge on any atom is 0.0603 e. The molecule has 0 aliphatic heterocycles. The van der Waals surface area contributed by atoms with Crippen LogP contribution in [0.4, 0.5) is 0 Å². The van der Waals surface area contributed by atoms with E-state index in [2.05, 4.69) is 54.5 Å². The standard InChI is InChI=1S/C30H50O2/c1-19(2)8-9-22(31)20(3)21-12-14-28(7)24-11-10-23-26(4,5)25(32)13-15-29(23)18-30(24,29)17-16-27(21,28)6/h8,20-25,31-32H,9-18H2,1-7H3/t20-,21+,22+,23-,24-,25-,27+,28-,29+,30-/m0/s1. The fourth-order valence-electron chi connectivity index (χ4n) is 11.1. The summed E-state index contributed by atoms with van der Waals surface area (Å²) in [5, 5.41) is 21.9. The summed E-state index contributed by atoms with van der Waals surface area (Å²) in [4.78, 5) is 0. The molecule has 5 saturated carbocycles. The predicted molar refractivity (Wildman–Crippen MR) is 132 cm³/mol. The molecule has 0 bridgehead atoms. The van der Waals surface area contributed by atoms with Crippen molar-refractivity contribution in [3.8, 4) is 0 Å². The highest BCUT2D eigenvalue weighted by Gasteiger charge is 2.82. The van der Waals surface area contributed by atoms with Crippen LogP contribution in [-0.4, -0.2) is 22.4 Å². The van der Waals surface area contributed by atoms with E-state index in [0.29, 0.717) is 39.4 Å². The van der Waals surface area contributed by atoms with Gasteiger partial charge < -0.3 is 10.2 Å². The van der Waals surface area contributed by atoms with E-state index < -0.39 is 0 Å². The quantitative estimate of drug-likeness (QED) is 0.454. The summed E-state index contributed by atoms with van der Waals surface area (Å²) in [6, 6.07) is 0. The van der Waals surface area contributed by atoms with E-state index in [1.165, 1.54) is 56.9 Å². The van der Waals surface area contributed by atoms with Crippen molar-refractivity contribution in [2.24, 2.45) is 50.7 Å². The van der Waals surface area contributed by atoms with Gasteiger partial charge in [0.2, 0.25) is 0 Å². The number of hydrogen-bond acceptors (Lipinski definition) is 2. The average Bonchev–Trinajstić information content (AvgIpc) is 3.31. The molecule has 2 heteroatoms. The van der Waals surface area contributed by atoms with E-state index >= 15 is 0 Å². The van der Waals surface area contributed by atoms with Gasteiger partial charge in [0.05, 0.1) is 12.2 Å². The summed E-state index contributed by atoms with van der Waals surface area (Å²) in [6.07, 6.45) is 14.5. The van der Waals surface area contributed by atoms with E-state index in [4.69, 9.17) is 0 Å². The van der Waals surface area contributed by atoms with Gasteiger partial charge in [-0.05, 0) is 129 Å². The van der Waals surface area contributed by atoms with E-state index in [-0.39, 0.29) is 17.6 Å². The van der Waals surface area contributed by atoms with Crippen molar-refractivity contribution >= 4 is 0 Å². The molecule has 5 rings (SSSR count). The van der Waals surface area contributed by atoms with Crippen molar-refractivity contribution in [2.75, 3.05) is 0 Å². The second-order valence-corrected chi connectivity index (χ2v) is 14.5. The van der Waals surface area contributed by atoms with Gasteiger partial charge in [0.15, 0.2) is 0 Å². The Kier molecular flexibility index (Phi) is 5.19. The molecule has 10 atom stereocenters. The Morgan fingerprint density at radius 3 is 2.22 bits per heavy atom. The molecule has 32 heavy (non-hydrogen) atoms. The molecule has 5 aliphatic rings. The fraction of sp³-hybridized carbons (Fsp3) is 0.933. The first kappa shape index (κ1) is 23.4. The van der Waals surface area contributed by atoms with Crippen molar-refractivity contribution in [2.45, 2.75) is 125 Å². The number of hydrogen-bond donors (Lipinski definition) is 2. The van der Waals surface area contributed by atoms with E-state index in [1.807, 2.05) is 0 Å². The van der Waals surface area contributed by atoms with E-state index in [0.717, 1.165) is 18.8 Å². The topological polar surface area (TPSA) is 40.5 Å². The van der Waals surface area contributed by atoms with Gasteiger partial charge in [-0.1, -0.05) is 46.3 Å². The predicted octanol–water partition coefficient (Wildman–Crippen LogP) is 7.14. The van der Waals surface area contributed by atoms with Crippen LogP contribution in [0.5, 0.6) is 0 Å². The summed E-state index contributed by atoms with van der Waals surface area (Å²) in [7, 11) is 0. The first-order valence-corrected chi connectivity index (χ1v) is 13.9. The van der Waals surface area contributed by atoms with Gasteiger partial charge in [-0.2, -0.15) is 0 Å². The lowest BCUT2D eigenvalue weighted by molar-refractivity contribution is -0.163. The second-order valence-electron chi connectivity index (χ2n) is 14.5. The molecule has 0 saturated heterocycles. The number of aliphatic hydroxyl groups excluding tert-OH is 2. The monoisotopic (exact) mass is 442 g/mol. The molecule has 182 valence electrons. The molecule has 2 spiro atoms. The maximum atomic E-state index is 11.1. The summed E-state index contributed by atoms with van der Waals surface area (Å²) >= 11 is 0. The highest BCUT2D eigenvalue weighted by Crippen LogP contribution is 2.89. The summed E-state index contributed by atoms with van der Waals surface area (Å²) in [5.74, 6) is 2.58. The van der Waals surface area contributed by atoms with Crippen LogP contribution in [0, 0.1) is 50.7 Å². The van der Waals surface area contributed by atoms with Crippen molar-refractivity contribution in [3.63, 3.8) is 0 Å². The number of fused-ring (bicyclic) bond motifs is 2. The molecule has 0 heterocycles. The van der Waals surface area contributed by atoms with E-state index in [1.54, 1.807) is 0 Å². The van der Waals surface area contributed by atoms with Crippen LogP contribution in [0.25, 0.3) is 0 Å². The van der Waals surface area contributed by atoms with E-state index in [9.17, 15) is 10.2 Å². The van der Waals surface area contributed by atoms with Crippen LogP contribution in [0.1, 0.15) is 113 Å². The molecular formula is C30H50O2. The molecule has 0 radical (unpaired) electrons. The lowest BCUT2D eigenvalue weighted by atomic mass is 9.41. The fourth-order valence-corrected chi connectivity index (χ4v) is 11.1. The zero-order valence-electron chi connectivity index (χ0n) is 22.0. The van der Waals surface area contributed by atoms with Gasteiger partial charge in [0.25, 0.3) is 0 Å². The zero-order valence-corrected chi connectivity index (χ0v) is 22.0. The molecule has 0 aromatic carbocycles. The molecule has 5 fully saturated rings. The Bertz CT molecular complexity index is 795. The van der Waals surface area contributed by atoms with Crippen molar-refractivity contribution in [3.05, 3.63) is 11.6 Å². The van der Waals surface area contributed by atoms with Gasteiger partial charge in [-0.15, -0.1) is 0 Å². The second kappa shape index (κ2) is 7.09. The summed E-state index contributed by atoms with van der Waals surface area (Å²) in [5.41, 5.74) is 3.24. The lowest BCUT2D eigenvalue weighted by Crippen LogP contribution is -2.57. The Morgan fingerprint density at radius 2 is 1.53 bits per heavy atom. The first-order chi connectivity index (χ1) is 14.9.